The van der Waals surface area contributed by atoms with Crippen LogP contribution >= 0.6 is 0 Å². The summed E-state index contributed by atoms with van der Waals surface area (Å²) in [6.45, 7) is 8.14. The molecule has 4 nitrogen and oxygen atoms in total. The summed E-state index contributed by atoms with van der Waals surface area (Å²) in [5.74, 6) is 0.885. The van der Waals surface area contributed by atoms with Gasteiger partial charge in [0, 0.05) is 24.4 Å². The molecule has 4 heteroatoms. The van der Waals surface area contributed by atoms with Crippen LogP contribution in [0, 0.1) is 5.92 Å². The average molecular weight is 252 g/mol. The van der Waals surface area contributed by atoms with Crippen LogP contribution in [0.2, 0.25) is 0 Å². The maximum Gasteiger partial charge on any atom is 0.144 e. The van der Waals surface area contributed by atoms with E-state index in [1.54, 1.807) is 0 Å². The molecule has 0 heterocycles. The summed E-state index contributed by atoms with van der Waals surface area (Å²) < 4.78 is 5.64. The van der Waals surface area contributed by atoms with E-state index in [4.69, 9.17) is 15.6 Å². The molecular formula is C14H24N2O2. The minimum Gasteiger partial charge on any atom is -0.489 e. The van der Waals surface area contributed by atoms with Gasteiger partial charge in [0.15, 0.2) is 0 Å². The number of hydrogen-bond donors (Lipinski definition) is 3. The summed E-state index contributed by atoms with van der Waals surface area (Å²) in [4.78, 5) is 0. The standard InChI is InChI=1S/C14H24N2O2/c1-9(2)18-14-7-12(5-6-13(14)15)16-11(4)10(3)8-17/h5-7,9-11,16-17H,8,15H2,1-4H3. The van der Waals surface area contributed by atoms with Crippen LogP contribution in [0.15, 0.2) is 18.2 Å². The van der Waals surface area contributed by atoms with Crippen molar-refractivity contribution in [3.05, 3.63) is 18.2 Å². The smallest absolute Gasteiger partial charge is 0.144 e. The Labute approximate surface area is 109 Å². The van der Waals surface area contributed by atoms with Gasteiger partial charge in [-0.25, -0.2) is 0 Å². The minimum absolute atomic E-state index is 0.0938. The van der Waals surface area contributed by atoms with E-state index in [1.807, 2.05) is 45.9 Å². The monoisotopic (exact) mass is 252 g/mol. The van der Waals surface area contributed by atoms with Crippen LogP contribution in [0.5, 0.6) is 5.75 Å². The molecule has 0 aromatic heterocycles. The number of aliphatic hydroxyl groups is 1. The van der Waals surface area contributed by atoms with Gasteiger partial charge >= 0.3 is 0 Å². The van der Waals surface area contributed by atoms with Crippen LogP contribution in [0.25, 0.3) is 0 Å². The Morgan fingerprint density at radius 3 is 2.50 bits per heavy atom. The van der Waals surface area contributed by atoms with Crippen LogP contribution in [0.1, 0.15) is 27.7 Å². The Kier molecular flexibility index (Phi) is 5.28. The molecule has 0 saturated heterocycles. The van der Waals surface area contributed by atoms with E-state index in [2.05, 4.69) is 5.32 Å². The maximum absolute atomic E-state index is 9.12. The van der Waals surface area contributed by atoms with Gasteiger partial charge in [-0.1, -0.05) is 6.92 Å². The predicted molar refractivity (Wildman–Crippen MR) is 76.0 cm³/mol. The first-order valence-corrected chi connectivity index (χ1v) is 6.37. The minimum atomic E-state index is 0.0938. The number of rotatable bonds is 6. The molecule has 18 heavy (non-hydrogen) atoms. The number of anilines is 2. The van der Waals surface area contributed by atoms with E-state index in [-0.39, 0.29) is 24.7 Å². The highest BCUT2D eigenvalue weighted by atomic mass is 16.5. The molecule has 0 saturated carbocycles. The number of aliphatic hydroxyl groups excluding tert-OH is 1. The average Bonchev–Trinajstić information content (AvgIpc) is 2.31. The molecule has 0 radical (unpaired) electrons. The molecule has 1 rings (SSSR count). The first-order chi connectivity index (χ1) is 8.43. The second kappa shape index (κ2) is 6.50. The van der Waals surface area contributed by atoms with Crippen molar-refractivity contribution >= 4 is 11.4 Å². The summed E-state index contributed by atoms with van der Waals surface area (Å²) >= 11 is 0. The lowest BCUT2D eigenvalue weighted by Crippen LogP contribution is -2.26. The third-order valence-electron chi connectivity index (χ3n) is 2.91. The number of nitrogens with one attached hydrogen (secondary N) is 1. The van der Waals surface area contributed by atoms with Crippen LogP contribution in [-0.4, -0.2) is 23.9 Å². The number of benzene rings is 1. The Hall–Kier alpha value is -1.42. The second-order valence-corrected chi connectivity index (χ2v) is 5.01. The van der Waals surface area contributed by atoms with Crippen LogP contribution in [-0.2, 0) is 0 Å². The first-order valence-electron chi connectivity index (χ1n) is 6.37. The third kappa shape index (κ3) is 4.11. The molecule has 0 fully saturated rings. The first kappa shape index (κ1) is 14.6. The topological polar surface area (TPSA) is 67.5 Å². The zero-order valence-electron chi connectivity index (χ0n) is 11.6. The van der Waals surface area contributed by atoms with E-state index >= 15 is 0 Å². The molecule has 2 atom stereocenters. The Morgan fingerprint density at radius 2 is 1.94 bits per heavy atom. The Morgan fingerprint density at radius 1 is 1.28 bits per heavy atom. The van der Waals surface area contributed by atoms with Crippen LogP contribution in [0.3, 0.4) is 0 Å². The molecule has 2 unspecified atom stereocenters. The SMILES string of the molecule is CC(C)Oc1cc(NC(C)C(C)CO)ccc1N. The fourth-order valence-corrected chi connectivity index (χ4v) is 1.54. The molecule has 0 spiro atoms. The molecule has 0 aliphatic heterocycles. The van der Waals surface area contributed by atoms with Crippen LogP contribution in [0.4, 0.5) is 11.4 Å². The number of nitrogen functional groups attached to an aromatic ring is 1. The number of nitrogens with two attached hydrogens (primary N) is 1. The van der Waals surface area contributed by atoms with Crippen molar-refractivity contribution < 1.29 is 9.84 Å². The van der Waals surface area contributed by atoms with E-state index in [1.165, 1.54) is 0 Å². The molecule has 4 N–H and O–H groups in total. The molecular weight excluding hydrogens is 228 g/mol. The van der Waals surface area contributed by atoms with Gasteiger partial charge in [0.1, 0.15) is 5.75 Å². The van der Waals surface area contributed by atoms with Crippen molar-refractivity contribution in [2.45, 2.75) is 39.8 Å². The lowest BCUT2D eigenvalue weighted by atomic mass is 10.0. The third-order valence-corrected chi connectivity index (χ3v) is 2.91. The fraction of sp³-hybridized carbons (Fsp3) is 0.571. The fourth-order valence-electron chi connectivity index (χ4n) is 1.54. The van der Waals surface area contributed by atoms with Crippen molar-refractivity contribution in [3.63, 3.8) is 0 Å². The summed E-state index contributed by atoms with van der Waals surface area (Å²) in [6, 6.07) is 5.83. The molecule has 0 aliphatic rings. The second-order valence-electron chi connectivity index (χ2n) is 5.01. The summed E-state index contributed by atoms with van der Waals surface area (Å²) in [5, 5.41) is 12.5. The maximum atomic E-state index is 9.12. The van der Waals surface area contributed by atoms with Gasteiger partial charge in [-0.3, -0.25) is 0 Å². The molecule has 1 aromatic carbocycles. The highest BCUT2D eigenvalue weighted by molar-refractivity contribution is 5.61. The molecule has 0 aliphatic carbocycles. The Balaban J connectivity index is 2.78. The quantitative estimate of drug-likeness (QED) is 0.680. The van der Waals surface area contributed by atoms with Gasteiger partial charge in [0.2, 0.25) is 0 Å². The van der Waals surface area contributed by atoms with Crippen molar-refractivity contribution in [2.24, 2.45) is 5.92 Å². The largest absolute Gasteiger partial charge is 0.489 e. The van der Waals surface area contributed by atoms with Gasteiger partial charge < -0.3 is 20.9 Å². The highest BCUT2D eigenvalue weighted by Gasteiger charge is 2.12. The number of hydrogen-bond acceptors (Lipinski definition) is 4. The van der Waals surface area contributed by atoms with Gasteiger partial charge in [-0.15, -0.1) is 0 Å². The molecule has 1 aromatic rings. The van der Waals surface area contributed by atoms with E-state index in [0.29, 0.717) is 11.4 Å². The molecule has 0 bridgehead atoms. The van der Waals surface area contributed by atoms with E-state index < -0.39 is 0 Å². The highest BCUT2D eigenvalue weighted by Crippen LogP contribution is 2.27. The van der Waals surface area contributed by atoms with Crippen molar-refractivity contribution in [3.8, 4) is 5.75 Å². The van der Waals surface area contributed by atoms with Crippen LogP contribution < -0.4 is 15.8 Å². The van der Waals surface area contributed by atoms with E-state index in [0.717, 1.165) is 5.69 Å². The lowest BCUT2D eigenvalue weighted by molar-refractivity contribution is 0.226. The molecule has 102 valence electrons. The van der Waals surface area contributed by atoms with Gasteiger partial charge in [0.05, 0.1) is 11.8 Å². The van der Waals surface area contributed by atoms with Gasteiger partial charge in [-0.05, 0) is 38.8 Å². The van der Waals surface area contributed by atoms with E-state index in [9.17, 15) is 0 Å². The summed E-state index contributed by atoms with van der Waals surface area (Å²) in [7, 11) is 0. The predicted octanol–water partition coefficient (Wildman–Crippen LogP) is 2.48. The van der Waals surface area contributed by atoms with Crippen molar-refractivity contribution in [1.82, 2.24) is 0 Å². The zero-order chi connectivity index (χ0) is 13.7. The zero-order valence-corrected chi connectivity index (χ0v) is 11.6. The number of ether oxygens (including phenoxy) is 1. The normalized spacial score (nSPS) is 14.3. The van der Waals surface area contributed by atoms with Crippen molar-refractivity contribution in [1.29, 1.82) is 0 Å². The van der Waals surface area contributed by atoms with Crippen molar-refractivity contribution in [2.75, 3.05) is 17.7 Å². The summed E-state index contributed by atoms with van der Waals surface area (Å²) in [5.41, 5.74) is 7.45. The van der Waals surface area contributed by atoms with Gasteiger partial charge in [-0.2, -0.15) is 0 Å². The van der Waals surface area contributed by atoms with Gasteiger partial charge in [0.25, 0.3) is 0 Å². The summed E-state index contributed by atoms with van der Waals surface area (Å²) in [6.07, 6.45) is 0.0938. The molecule has 0 amide bonds. The lowest BCUT2D eigenvalue weighted by Gasteiger charge is -2.21. The Bertz CT molecular complexity index is 380.